The van der Waals surface area contributed by atoms with Gasteiger partial charge in [-0.3, -0.25) is 0 Å². The molecule has 5 heteroatoms. The van der Waals surface area contributed by atoms with Crippen LogP contribution in [0.15, 0.2) is 56.5 Å². The van der Waals surface area contributed by atoms with Crippen molar-refractivity contribution in [2.45, 2.75) is 34.1 Å². The van der Waals surface area contributed by atoms with Gasteiger partial charge in [0.25, 0.3) is 0 Å². The minimum atomic E-state index is 0.793. The van der Waals surface area contributed by atoms with Crippen LogP contribution in [0.4, 0.5) is 5.69 Å². The third-order valence-electron chi connectivity index (χ3n) is 3.81. The first-order chi connectivity index (χ1) is 11.6. The third kappa shape index (κ3) is 3.41. The first kappa shape index (κ1) is 16.5. The molecule has 0 unspecified atom stereocenters. The number of hydrogen-bond acceptors (Lipinski definition) is 4. The van der Waals surface area contributed by atoms with Gasteiger partial charge < -0.3 is 4.42 Å². The Morgan fingerprint density at radius 1 is 1.25 bits per heavy atom. The van der Waals surface area contributed by atoms with Gasteiger partial charge in [-0.2, -0.15) is 5.10 Å². The van der Waals surface area contributed by atoms with E-state index in [-0.39, 0.29) is 0 Å². The minimum Gasteiger partial charge on any atom is -0.463 e. The first-order valence-electron chi connectivity index (χ1n) is 7.99. The van der Waals surface area contributed by atoms with Gasteiger partial charge in [0.05, 0.1) is 12.0 Å². The minimum absolute atomic E-state index is 0.793. The van der Waals surface area contributed by atoms with E-state index in [1.165, 1.54) is 5.56 Å². The average Bonchev–Trinajstić information content (AvgIpc) is 3.20. The van der Waals surface area contributed by atoms with Crippen LogP contribution < -0.4 is 4.80 Å². The Balaban J connectivity index is 2.19. The molecule has 0 radical (unpaired) electrons. The monoisotopic (exact) mass is 339 g/mol. The summed E-state index contributed by atoms with van der Waals surface area (Å²) in [5, 5.41) is 6.76. The van der Waals surface area contributed by atoms with Crippen LogP contribution in [0.2, 0.25) is 0 Å². The van der Waals surface area contributed by atoms with Crippen LogP contribution in [0, 0.1) is 13.8 Å². The molecule has 4 nitrogen and oxygen atoms in total. The zero-order chi connectivity index (χ0) is 17.1. The molecule has 0 atom stereocenters. The fourth-order valence-corrected chi connectivity index (χ4v) is 3.17. The largest absolute Gasteiger partial charge is 0.463 e. The highest BCUT2D eigenvalue weighted by Gasteiger charge is 2.10. The highest BCUT2D eigenvalue weighted by molar-refractivity contribution is 7.07. The van der Waals surface area contributed by atoms with Gasteiger partial charge >= 0.3 is 0 Å². The molecule has 2 aromatic heterocycles. The van der Waals surface area contributed by atoms with Crippen molar-refractivity contribution in [3.05, 3.63) is 57.9 Å². The maximum Gasteiger partial charge on any atom is 0.211 e. The summed E-state index contributed by atoms with van der Waals surface area (Å²) in [5.41, 5.74) is 5.32. The number of thiazole rings is 1. The maximum absolute atomic E-state index is 5.55. The van der Waals surface area contributed by atoms with Gasteiger partial charge in [-0.25, -0.2) is 9.67 Å². The van der Waals surface area contributed by atoms with E-state index in [1.807, 2.05) is 29.1 Å². The lowest BCUT2D eigenvalue weighted by atomic mass is 10.1. The topological polar surface area (TPSA) is 42.8 Å². The molecule has 3 aromatic rings. The summed E-state index contributed by atoms with van der Waals surface area (Å²) in [6.45, 7) is 8.29. The predicted octanol–water partition coefficient (Wildman–Crippen LogP) is 5.29. The number of benzene rings is 1. The fourth-order valence-electron chi connectivity index (χ4n) is 2.34. The van der Waals surface area contributed by atoms with Crippen LogP contribution in [0.3, 0.4) is 0 Å². The van der Waals surface area contributed by atoms with Gasteiger partial charge in [0, 0.05) is 11.1 Å². The van der Waals surface area contributed by atoms with E-state index in [0.717, 1.165) is 39.6 Å². The van der Waals surface area contributed by atoms with E-state index < -0.39 is 0 Å². The van der Waals surface area contributed by atoms with Gasteiger partial charge in [0.15, 0.2) is 5.76 Å². The van der Waals surface area contributed by atoms with E-state index in [4.69, 9.17) is 14.5 Å². The number of aryl methyl sites for hydroxylation is 2. The van der Waals surface area contributed by atoms with Crippen LogP contribution in [0.5, 0.6) is 0 Å². The summed E-state index contributed by atoms with van der Waals surface area (Å²) in [5.74, 6) is 0.793. The van der Waals surface area contributed by atoms with E-state index in [0.29, 0.717) is 0 Å². The van der Waals surface area contributed by atoms with Crippen molar-refractivity contribution in [2.24, 2.45) is 10.1 Å². The van der Waals surface area contributed by atoms with Gasteiger partial charge in [-0.1, -0.05) is 24.6 Å². The molecule has 0 aliphatic rings. The first-order valence-corrected chi connectivity index (χ1v) is 8.87. The van der Waals surface area contributed by atoms with Crippen LogP contribution in [-0.2, 0) is 0 Å². The number of aromatic nitrogens is 1. The molecular weight excluding hydrogens is 318 g/mol. The Bertz CT molecular complexity index is 930. The van der Waals surface area contributed by atoms with Crippen molar-refractivity contribution in [3.63, 3.8) is 0 Å². The van der Waals surface area contributed by atoms with Crippen molar-refractivity contribution in [3.8, 4) is 11.5 Å². The molecule has 0 saturated carbocycles. The van der Waals surface area contributed by atoms with Crippen LogP contribution >= 0.6 is 11.3 Å². The summed E-state index contributed by atoms with van der Waals surface area (Å²) in [6.07, 6.45) is 2.57. The van der Waals surface area contributed by atoms with E-state index in [1.54, 1.807) is 17.6 Å². The van der Waals surface area contributed by atoms with Gasteiger partial charge in [0.1, 0.15) is 5.69 Å². The van der Waals surface area contributed by atoms with Crippen LogP contribution in [0.25, 0.3) is 11.5 Å². The number of furan rings is 1. The van der Waals surface area contributed by atoms with Crippen molar-refractivity contribution in [1.82, 2.24) is 4.68 Å². The highest BCUT2D eigenvalue weighted by atomic mass is 32.1. The fraction of sp³-hybridized carbons (Fsp3) is 0.263. The second kappa shape index (κ2) is 7.01. The van der Waals surface area contributed by atoms with E-state index >= 15 is 0 Å². The Morgan fingerprint density at radius 2 is 2.08 bits per heavy atom. The highest BCUT2D eigenvalue weighted by Crippen LogP contribution is 2.23. The molecule has 2 heterocycles. The molecular formula is C19H21N3OS. The molecule has 1 aromatic carbocycles. The zero-order valence-electron chi connectivity index (χ0n) is 14.4. The van der Waals surface area contributed by atoms with Gasteiger partial charge in [0.2, 0.25) is 4.80 Å². The molecule has 0 aliphatic carbocycles. The summed E-state index contributed by atoms with van der Waals surface area (Å²) in [6, 6.07) is 10.1. The summed E-state index contributed by atoms with van der Waals surface area (Å²) < 4.78 is 7.43. The van der Waals surface area contributed by atoms with Crippen molar-refractivity contribution < 1.29 is 4.42 Å². The molecule has 0 fully saturated rings. The Hall–Kier alpha value is -2.40. The standard InChI is InChI=1S/C19H21N3OS/c1-5-15(4)21-22-17(18-7-6-10-23-18)12-24-19(22)20-16-9-8-13(2)11-14(16)3/h6-12H,5H2,1-4H3. The van der Waals surface area contributed by atoms with Gasteiger partial charge in [-0.15, -0.1) is 11.3 Å². The molecule has 0 saturated heterocycles. The summed E-state index contributed by atoms with van der Waals surface area (Å²) in [7, 11) is 0. The number of hydrogen-bond donors (Lipinski definition) is 0. The van der Waals surface area contributed by atoms with Gasteiger partial charge in [-0.05, 0) is 51.0 Å². The van der Waals surface area contributed by atoms with Crippen molar-refractivity contribution >= 4 is 22.7 Å². The predicted molar refractivity (Wildman–Crippen MR) is 99.9 cm³/mol. The lowest BCUT2D eigenvalue weighted by Gasteiger charge is -2.04. The maximum atomic E-state index is 5.55. The smallest absolute Gasteiger partial charge is 0.211 e. The zero-order valence-corrected chi connectivity index (χ0v) is 15.2. The molecule has 0 aliphatic heterocycles. The normalized spacial score (nSPS) is 12.8. The summed E-state index contributed by atoms with van der Waals surface area (Å²) in [4.78, 5) is 5.67. The molecule has 0 amide bonds. The summed E-state index contributed by atoms with van der Waals surface area (Å²) >= 11 is 1.56. The van der Waals surface area contributed by atoms with Crippen molar-refractivity contribution in [1.29, 1.82) is 0 Å². The quantitative estimate of drug-likeness (QED) is 0.595. The molecule has 0 N–H and O–H groups in total. The number of rotatable bonds is 4. The third-order valence-corrected chi connectivity index (χ3v) is 4.63. The second-order valence-electron chi connectivity index (χ2n) is 5.78. The lowest BCUT2D eigenvalue weighted by Crippen LogP contribution is -2.13. The van der Waals surface area contributed by atoms with Crippen LogP contribution in [-0.4, -0.2) is 10.4 Å². The SMILES string of the molecule is CCC(C)=Nn1c(-c2ccco2)csc1=Nc1ccc(C)cc1C. The Kier molecular flexibility index (Phi) is 4.81. The molecule has 24 heavy (non-hydrogen) atoms. The second-order valence-corrected chi connectivity index (χ2v) is 6.62. The molecule has 0 spiro atoms. The average molecular weight is 339 g/mol. The molecule has 0 bridgehead atoms. The van der Waals surface area contributed by atoms with E-state index in [9.17, 15) is 0 Å². The van der Waals surface area contributed by atoms with Crippen molar-refractivity contribution in [2.75, 3.05) is 0 Å². The molecule has 124 valence electrons. The Morgan fingerprint density at radius 3 is 2.75 bits per heavy atom. The lowest BCUT2D eigenvalue weighted by molar-refractivity contribution is 0.575. The number of nitrogens with zero attached hydrogens (tertiary/aromatic N) is 3. The van der Waals surface area contributed by atoms with Crippen LogP contribution in [0.1, 0.15) is 31.4 Å². The molecule has 3 rings (SSSR count). The van der Waals surface area contributed by atoms with E-state index in [2.05, 4.69) is 39.0 Å². The Labute approximate surface area is 145 Å².